The summed E-state index contributed by atoms with van der Waals surface area (Å²) in [4.78, 5) is 50.5. The van der Waals surface area contributed by atoms with E-state index in [4.69, 9.17) is 19.9 Å². The van der Waals surface area contributed by atoms with Gasteiger partial charge in [-0.2, -0.15) is 0 Å². The van der Waals surface area contributed by atoms with Crippen molar-refractivity contribution in [1.29, 1.82) is 0 Å². The zero-order chi connectivity index (χ0) is 27.8. The Morgan fingerprint density at radius 1 is 0.868 bits per heavy atom. The number of esters is 1. The molecule has 0 aromatic rings. The molecule has 2 amide bonds. The van der Waals surface area contributed by atoms with Gasteiger partial charge in [-0.3, -0.25) is 4.79 Å². The molecule has 38 heavy (non-hydrogen) atoms. The van der Waals surface area contributed by atoms with Crippen molar-refractivity contribution in [1.82, 2.24) is 10.6 Å². The average molecular weight is 539 g/mol. The van der Waals surface area contributed by atoms with Crippen LogP contribution in [-0.2, 0) is 23.8 Å². The lowest BCUT2D eigenvalue weighted by molar-refractivity contribution is -0.147. The minimum absolute atomic E-state index is 0.0399. The molecule has 216 valence electrons. The summed E-state index contributed by atoms with van der Waals surface area (Å²) >= 11 is 0. The Morgan fingerprint density at radius 2 is 1.37 bits per heavy atom. The molecule has 2 fully saturated rings. The SMILES string of the molecule is CCC(COC(C)=O)(COC(=O)NCC1CCCC(CN)C1)COC(=O)NCC1CCCC(CN=C=O)C1. The number of isocyanates is 1. The van der Waals surface area contributed by atoms with Crippen molar-refractivity contribution in [2.24, 2.45) is 39.8 Å². The smallest absolute Gasteiger partial charge is 0.407 e. The first kappa shape index (κ1) is 31.6. The maximum Gasteiger partial charge on any atom is 0.407 e. The largest absolute Gasteiger partial charge is 0.465 e. The molecule has 0 radical (unpaired) electrons. The first-order chi connectivity index (χ1) is 18.3. The normalized spacial score (nSPS) is 24.7. The molecule has 5 atom stereocenters. The summed E-state index contributed by atoms with van der Waals surface area (Å²) in [6.45, 7) is 5.13. The van der Waals surface area contributed by atoms with Gasteiger partial charge in [0.05, 0.1) is 12.0 Å². The van der Waals surface area contributed by atoms with Gasteiger partial charge in [0.2, 0.25) is 6.08 Å². The fourth-order valence-corrected chi connectivity index (χ4v) is 5.40. The summed E-state index contributed by atoms with van der Waals surface area (Å²) in [5, 5.41) is 5.65. The van der Waals surface area contributed by atoms with Crippen LogP contribution in [0.2, 0.25) is 0 Å². The highest BCUT2D eigenvalue weighted by Crippen LogP contribution is 2.30. The number of ether oxygens (including phenoxy) is 3. The highest BCUT2D eigenvalue weighted by Gasteiger charge is 2.34. The summed E-state index contributed by atoms with van der Waals surface area (Å²) < 4.78 is 16.2. The molecular formula is C27H46N4O7. The minimum atomic E-state index is -0.862. The highest BCUT2D eigenvalue weighted by atomic mass is 16.6. The van der Waals surface area contributed by atoms with E-state index in [0.717, 1.165) is 51.4 Å². The lowest BCUT2D eigenvalue weighted by Crippen LogP contribution is -2.42. The molecule has 5 unspecified atom stereocenters. The molecule has 0 heterocycles. The molecule has 11 heteroatoms. The molecule has 0 spiro atoms. The Hall–Kier alpha value is -2.65. The third-order valence-corrected chi connectivity index (χ3v) is 7.95. The number of amides is 2. The van der Waals surface area contributed by atoms with Crippen molar-refractivity contribution in [3.63, 3.8) is 0 Å². The van der Waals surface area contributed by atoms with E-state index in [2.05, 4.69) is 15.6 Å². The van der Waals surface area contributed by atoms with E-state index in [9.17, 15) is 19.2 Å². The lowest BCUT2D eigenvalue weighted by atomic mass is 9.81. The van der Waals surface area contributed by atoms with Crippen molar-refractivity contribution in [2.75, 3.05) is 46.0 Å². The minimum Gasteiger partial charge on any atom is -0.465 e. The van der Waals surface area contributed by atoms with Crippen LogP contribution in [0.5, 0.6) is 0 Å². The molecule has 4 N–H and O–H groups in total. The number of rotatable bonds is 14. The second kappa shape index (κ2) is 17.0. The zero-order valence-electron chi connectivity index (χ0n) is 23.0. The number of nitrogens with zero attached hydrogens (tertiary/aromatic N) is 1. The first-order valence-electron chi connectivity index (χ1n) is 14.0. The van der Waals surface area contributed by atoms with E-state index in [1.165, 1.54) is 6.92 Å². The van der Waals surface area contributed by atoms with Gasteiger partial charge < -0.3 is 30.6 Å². The molecule has 11 nitrogen and oxygen atoms in total. The van der Waals surface area contributed by atoms with Crippen LogP contribution in [0.25, 0.3) is 0 Å². The molecule has 0 aliphatic heterocycles. The van der Waals surface area contributed by atoms with Gasteiger partial charge in [0, 0.05) is 20.0 Å². The molecule has 0 bridgehead atoms. The Kier molecular flexibility index (Phi) is 14.2. The van der Waals surface area contributed by atoms with Gasteiger partial charge in [-0.15, -0.1) is 0 Å². The molecule has 2 saturated carbocycles. The van der Waals surface area contributed by atoms with Crippen LogP contribution in [0.1, 0.15) is 71.6 Å². The summed E-state index contributed by atoms with van der Waals surface area (Å²) in [5.74, 6) is 1.03. The fourth-order valence-electron chi connectivity index (χ4n) is 5.40. The Bertz CT molecular complexity index is 804. The van der Waals surface area contributed by atoms with Crippen molar-refractivity contribution in [2.45, 2.75) is 71.6 Å². The van der Waals surface area contributed by atoms with E-state index in [1.54, 1.807) is 6.08 Å². The Balaban J connectivity index is 1.81. The van der Waals surface area contributed by atoms with Crippen molar-refractivity contribution in [3.05, 3.63) is 0 Å². The number of hydrogen-bond donors (Lipinski definition) is 3. The van der Waals surface area contributed by atoms with Gasteiger partial charge in [0.1, 0.15) is 19.8 Å². The van der Waals surface area contributed by atoms with E-state index >= 15 is 0 Å². The van der Waals surface area contributed by atoms with Crippen molar-refractivity contribution >= 4 is 24.2 Å². The molecular weight excluding hydrogens is 492 g/mol. The first-order valence-corrected chi connectivity index (χ1v) is 14.0. The van der Waals surface area contributed by atoms with Gasteiger partial charge in [0.25, 0.3) is 0 Å². The second-order valence-corrected chi connectivity index (χ2v) is 11.0. The maximum atomic E-state index is 12.5. The van der Waals surface area contributed by atoms with E-state index < -0.39 is 23.6 Å². The number of hydrogen-bond acceptors (Lipinski definition) is 9. The predicted octanol–water partition coefficient (Wildman–Crippen LogP) is 3.31. The number of nitrogens with one attached hydrogen (secondary N) is 2. The van der Waals surface area contributed by atoms with Gasteiger partial charge in [-0.05, 0) is 75.2 Å². The monoisotopic (exact) mass is 538 g/mol. The van der Waals surface area contributed by atoms with Gasteiger partial charge in [0.15, 0.2) is 0 Å². The van der Waals surface area contributed by atoms with E-state index in [-0.39, 0.29) is 25.7 Å². The summed E-state index contributed by atoms with van der Waals surface area (Å²) in [6.07, 6.45) is 9.15. The number of carbonyl (C=O) groups excluding carboxylic acids is 4. The third kappa shape index (κ3) is 11.8. The quantitative estimate of drug-likeness (QED) is 0.131. The molecule has 2 aliphatic rings. The fraction of sp³-hybridized carbons (Fsp3) is 0.852. The van der Waals surface area contributed by atoms with Gasteiger partial charge >= 0.3 is 18.2 Å². The van der Waals surface area contributed by atoms with Crippen LogP contribution in [-0.4, -0.2) is 70.2 Å². The number of carbonyl (C=O) groups is 3. The lowest BCUT2D eigenvalue weighted by Gasteiger charge is -2.31. The van der Waals surface area contributed by atoms with Crippen LogP contribution in [0.15, 0.2) is 4.99 Å². The van der Waals surface area contributed by atoms with Crippen LogP contribution in [0, 0.1) is 29.1 Å². The van der Waals surface area contributed by atoms with Crippen LogP contribution in [0.4, 0.5) is 9.59 Å². The molecule has 0 aromatic heterocycles. The Labute approximate surface area is 226 Å². The maximum absolute atomic E-state index is 12.5. The highest BCUT2D eigenvalue weighted by molar-refractivity contribution is 5.68. The predicted molar refractivity (Wildman–Crippen MR) is 141 cm³/mol. The standard InChI is InChI=1S/C27H46N4O7/c1-3-27(16-36-20(2)33,17-37-25(34)30-14-23-8-4-6-21(10-23)12-28)18-38-26(35)31-15-24-9-5-7-22(11-24)13-29-19-32/h21-24H,3-18,28H2,1-2H3,(H,30,34)(H,31,35). The van der Waals surface area contributed by atoms with Gasteiger partial charge in [-0.25, -0.2) is 19.4 Å². The average Bonchev–Trinajstić information content (AvgIpc) is 2.94. The molecule has 2 aliphatic carbocycles. The Morgan fingerprint density at radius 3 is 1.87 bits per heavy atom. The van der Waals surface area contributed by atoms with Crippen LogP contribution >= 0.6 is 0 Å². The summed E-state index contributed by atoms with van der Waals surface area (Å²) in [5.41, 5.74) is 4.94. The van der Waals surface area contributed by atoms with Crippen LogP contribution < -0.4 is 16.4 Å². The van der Waals surface area contributed by atoms with Crippen molar-refractivity contribution < 1.29 is 33.4 Å². The topological polar surface area (TPSA) is 158 Å². The summed E-state index contributed by atoms with van der Waals surface area (Å²) in [7, 11) is 0. The van der Waals surface area contributed by atoms with Crippen LogP contribution in [0.3, 0.4) is 0 Å². The molecule has 0 aromatic carbocycles. The van der Waals surface area contributed by atoms with Gasteiger partial charge in [-0.1, -0.05) is 19.8 Å². The third-order valence-electron chi connectivity index (χ3n) is 7.95. The zero-order valence-corrected chi connectivity index (χ0v) is 23.0. The van der Waals surface area contributed by atoms with E-state index in [0.29, 0.717) is 50.4 Å². The number of nitrogens with two attached hydrogens (primary N) is 1. The second-order valence-electron chi connectivity index (χ2n) is 11.0. The number of aliphatic imine (C=N–C) groups is 1. The van der Waals surface area contributed by atoms with E-state index in [1.807, 2.05) is 6.92 Å². The molecule has 0 saturated heterocycles. The summed E-state index contributed by atoms with van der Waals surface area (Å²) in [6, 6.07) is 0. The molecule has 2 rings (SSSR count). The number of alkyl carbamates (subject to hydrolysis) is 2. The van der Waals surface area contributed by atoms with Crippen molar-refractivity contribution in [3.8, 4) is 0 Å².